The summed E-state index contributed by atoms with van der Waals surface area (Å²) in [4.78, 5) is 13.0. The minimum Gasteiger partial charge on any atom is -0.457 e. The molecule has 0 spiro atoms. The molecule has 2 heterocycles. The van der Waals surface area contributed by atoms with E-state index in [1.807, 2.05) is 6.07 Å². The van der Waals surface area contributed by atoms with Crippen molar-refractivity contribution in [1.29, 1.82) is 0 Å². The Morgan fingerprint density at radius 3 is 2.89 bits per heavy atom. The second kappa shape index (κ2) is 6.19. The number of hydrogen-bond donors (Lipinski definition) is 0. The molecule has 3 nitrogen and oxygen atoms in total. The smallest absolute Gasteiger partial charge is 0.185 e. The van der Waals surface area contributed by atoms with Crippen molar-refractivity contribution in [3.63, 3.8) is 0 Å². The Morgan fingerprint density at radius 2 is 2.22 bits per heavy atom. The molecule has 0 aliphatic carbocycles. The van der Waals surface area contributed by atoms with Gasteiger partial charge in [0.25, 0.3) is 0 Å². The van der Waals surface area contributed by atoms with E-state index in [0.717, 1.165) is 43.5 Å². The molecule has 1 saturated heterocycles. The Balaban J connectivity index is 1.88. The molecule has 1 fully saturated rings. The van der Waals surface area contributed by atoms with Crippen LogP contribution in [0.5, 0.6) is 0 Å². The minimum absolute atomic E-state index is 0.430. The first kappa shape index (κ1) is 13.3. The average Bonchev–Trinajstić information content (AvgIpc) is 2.66. The van der Waals surface area contributed by atoms with Crippen LogP contribution in [-0.4, -0.2) is 24.3 Å². The van der Waals surface area contributed by atoms with E-state index in [1.54, 1.807) is 6.07 Å². The summed E-state index contributed by atoms with van der Waals surface area (Å²) in [5.74, 6) is 2.98. The van der Waals surface area contributed by atoms with Gasteiger partial charge < -0.3 is 4.42 Å². The van der Waals surface area contributed by atoms with Gasteiger partial charge in [-0.1, -0.05) is 13.8 Å². The highest BCUT2D eigenvalue weighted by Gasteiger charge is 2.20. The molecule has 1 unspecified atom stereocenters. The Labute approximate surface area is 109 Å². The van der Waals surface area contributed by atoms with Gasteiger partial charge in [0, 0.05) is 0 Å². The third-order valence-electron chi connectivity index (χ3n) is 3.99. The van der Waals surface area contributed by atoms with Crippen molar-refractivity contribution >= 4 is 6.29 Å². The number of aldehydes is 1. The molecule has 1 aromatic rings. The van der Waals surface area contributed by atoms with E-state index in [4.69, 9.17) is 4.42 Å². The fourth-order valence-electron chi connectivity index (χ4n) is 2.77. The van der Waals surface area contributed by atoms with E-state index in [-0.39, 0.29) is 0 Å². The Hall–Kier alpha value is -1.09. The first-order valence-electron chi connectivity index (χ1n) is 6.95. The van der Waals surface area contributed by atoms with Gasteiger partial charge in [-0.2, -0.15) is 0 Å². The van der Waals surface area contributed by atoms with Crippen LogP contribution in [0.3, 0.4) is 0 Å². The molecule has 1 atom stereocenters. The second-order valence-corrected chi connectivity index (χ2v) is 5.63. The summed E-state index contributed by atoms with van der Waals surface area (Å²) in [6.45, 7) is 7.76. The average molecular weight is 249 g/mol. The van der Waals surface area contributed by atoms with E-state index in [1.165, 1.54) is 19.3 Å². The van der Waals surface area contributed by atoms with Gasteiger partial charge in [-0.3, -0.25) is 9.69 Å². The summed E-state index contributed by atoms with van der Waals surface area (Å²) in [5.41, 5.74) is 0. The number of furan rings is 1. The number of carbonyl (C=O) groups is 1. The fraction of sp³-hybridized carbons (Fsp3) is 0.667. The molecule has 0 radical (unpaired) electrons. The summed E-state index contributed by atoms with van der Waals surface area (Å²) >= 11 is 0. The van der Waals surface area contributed by atoms with Crippen LogP contribution >= 0.6 is 0 Å². The van der Waals surface area contributed by atoms with Crippen molar-refractivity contribution in [1.82, 2.24) is 4.90 Å². The lowest BCUT2D eigenvalue weighted by Gasteiger charge is -2.20. The standard InChI is InChI=1S/C15H23NO2/c1-12(2)13-4-3-8-16(9-7-13)10-14-5-6-15(11-17)18-14/h5-6,11-13H,3-4,7-10H2,1-2H3. The van der Waals surface area contributed by atoms with Crippen molar-refractivity contribution in [2.45, 2.75) is 39.7 Å². The highest BCUT2D eigenvalue weighted by atomic mass is 16.3. The molecule has 0 aromatic carbocycles. The van der Waals surface area contributed by atoms with Crippen LogP contribution in [0.2, 0.25) is 0 Å². The highest BCUT2D eigenvalue weighted by Crippen LogP contribution is 2.25. The zero-order valence-electron chi connectivity index (χ0n) is 11.4. The van der Waals surface area contributed by atoms with Crippen LogP contribution in [-0.2, 0) is 6.54 Å². The van der Waals surface area contributed by atoms with Crippen molar-refractivity contribution < 1.29 is 9.21 Å². The second-order valence-electron chi connectivity index (χ2n) is 5.63. The molecule has 0 N–H and O–H groups in total. The van der Waals surface area contributed by atoms with Gasteiger partial charge in [0.2, 0.25) is 0 Å². The van der Waals surface area contributed by atoms with Crippen molar-refractivity contribution in [2.75, 3.05) is 13.1 Å². The van der Waals surface area contributed by atoms with Crippen LogP contribution in [0.15, 0.2) is 16.5 Å². The molecule has 18 heavy (non-hydrogen) atoms. The maximum Gasteiger partial charge on any atom is 0.185 e. The first-order chi connectivity index (χ1) is 8.69. The lowest BCUT2D eigenvalue weighted by Crippen LogP contribution is -2.24. The monoisotopic (exact) mass is 249 g/mol. The van der Waals surface area contributed by atoms with Gasteiger partial charge >= 0.3 is 0 Å². The number of nitrogens with zero attached hydrogens (tertiary/aromatic N) is 1. The first-order valence-corrected chi connectivity index (χ1v) is 6.95. The SMILES string of the molecule is CC(C)C1CCCN(Cc2ccc(C=O)o2)CC1. The van der Waals surface area contributed by atoms with Gasteiger partial charge in [0.15, 0.2) is 12.0 Å². The molecule has 1 aliphatic heterocycles. The predicted octanol–water partition coefficient (Wildman–Crippen LogP) is 3.35. The predicted molar refractivity (Wildman–Crippen MR) is 71.6 cm³/mol. The lowest BCUT2D eigenvalue weighted by atomic mass is 9.89. The fourth-order valence-corrected chi connectivity index (χ4v) is 2.77. The summed E-state index contributed by atoms with van der Waals surface area (Å²) in [6.07, 6.45) is 4.65. The molecule has 3 heteroatoms. The molecule has 0 bridgehead atoms. The van der Waals surface area contributed by atoms with E-state index < -0.39 is 0 Å². The van der Waals surface area contributed by atoms with Crippen molar-refractivity contribution in [3.8, 4) is 0 Å². The number of carbonyl (C=O) groups excluding carboxylic acids is 1. The van der Waals surface area contributed by atoms with Crippen molar-refractivity contribution in [3.05, 3.63) is 23.7 Å². The van der Waals surface area contributed by atoms with Crippen LogP contribution in [0.25, 0.3) is 0 Å². The lowest BCUT2D eigenvalue weighted by molar-refractivity contribution is 0.109. The largest absolute Gasteiger partial charge is 0.457 e. The van der Waals surface area contributed by atoms with E-state index in [0.29, 0.717) is 5.76 Å². The maximum atomic E-state index is 10.6. The molecule has 2 rings (SSSR count). The van der Waals surface area contributed by atoms with Gasteiger partial charge in [0.1, 0.15) is 5.76 Å². The number of hydrogen-bond acceptors (Lipinski definition) is 3. The van der Waals surface area contributed by atoms with Crippen molar-refractivity contribution in [2.24, 2.45) is 11.8 Å². The van der Waals surface area contributed by atoms with Crippen LogP contribution in [0.4, 0.5) is 0 Å². The molecule has 100 valence electrons. The van der Waals surface area contributed by atoms with E-state index >= 15 is 0 Å². The molecule has 1 aromatic heterocycles. The van der Waals surface area contributed by atoms with Crippen LogP contribution in [0, 0.1) is 11.8 Å². The van der Waals surface area contributed by atoms with Gasteiger partial charge in [-0.05, 0) is 56.3 Å². The normalized spacial score (nSPS) is 22.1. The molecular weight excluding hydrogens is 226 g/mol. The Kier molecular flexibility index (Phi) is 4.59. The summed E-state index contributed by atoms with van der Waals surface area (Å²) in [5, 5.41) is 0. The van der Waals surface area contributed by atoms with E-state index in [2.05, 4.69) is 18.7 Å². The number of likely N-dealkylation sites (tertiary alicyclic amines) is 1. The maximum absolute atomic E-state index is 10.6. The van der Waals surface area contributed by atoms with E-state index in [9.17, 15) is 4.79 Å². The summed E-state index contributed by atoms with van der Waals surface area (Å²) < 4.78 is 5.44. The van der Waals surface area contributed by atoms with Crippen LogP contribution in [0.1, 0.15) is 49.4 Å². The minimum atomic E-state index is 0.430. The Morgan fingerprint density at radius 1 is 1.39 bits per heavy atom. The summed E-state index contributed by atoms with van der Waals surface area (Å²) in [6, 6.07) is 3.66. The molecular formula is C15H23NO2. The third-order valence-corrected chi connectivity index (χ3v) is 3.99. The quantitative estimate of drug-likeness (QED) is 0.767. The Bertz CT molecular complexity index is 384. The van der Waals surface area contributed by atoms with Crippen LogP contribution < -0.4 is 0 Å². The van der Waals surface area contributed by atoms with Gasteiger partial charge in [-0.15, -0.1) is 0 Å². The highest BCUT2D eigenvalue weighted by molar-refractivity contribution is 5.70. The molecule has 0 amide bonds. The number of rotatable bonds is 4. The zero-order valence-corrected chi connectivity index (χ0v) is 11.4. The molecule has 0 saturated carbocycles. The zero-order chi connectivity index (χ0) is 13.0. The topological polar surface area (TPSA) is 33.5 Å². The summed E-state index contributed by atoms with van der Waals surface area (Å²) in [7, 11) is 0. The van der Waals surface area contributed by atoms with Gasteiger partial charge in [0.05, 0.1) is 6.54 Å². The third kappa shape index (κ3) is 3.45. The molecule has 1 aliphatic rings. The van der Waals surface area contributed by atoms with Gasteiger partial charge in [-0.25, -0.2) is 0 Å².